The van der Waals surface area contributed by atoms with Crippen molar-refractivity contribution in [1.29, 1.82) is 0 Å². The van der Waals surface area contributed by atoms with Crippen LogP contribution >= 0.6 is 0 Å². The number of rotatable bonds is 8. The van der Waals surface area contributed by atoms with Crippen LogP contribution in [0, 0.1) is 19.3 Å². The number of carbonyl (C=O) groups is 1. The summed E-state index contributed by atoms with van der Waals surface area (Å²) >= 11 is 0. The Morgan fingerprint density at radius 2 is 1.86 bits per heavy atom. The zero-order valence-corrected chi connectivity index (χ0v) is 17.9. The molecule has 0 heterocycles. The maximum atomic E-state index is 13.1. The standard InChI is InChI=1S/C22H26N2O4S/c1-6-13-24(15-18-9-7-17(4)8-10-18)22(25)19-11-12-20(28-5)21(14-19)29(26,27)23-16(2)3/h1,7-12,14,16,23H,13,15H2,2-5H3. The highest BCUT2D eigenvalue weighted by Crippen LogP contribution is 2.26. The molecule has 0 fully saturated rings. The molecule has 0 aromatic heterocycles. The van der Waals surface area contributed by atoms with Gasteiger partial charge in [-0.15, -0.1) is 6.42 Å². The number of methoxy groups -OCH3 is 1. The molecule has 0 saturated carbocycles. The second-order valence-corrected chi connectivity index (χ2v) is 8.67. The quantitative estimate of drug-likeness (QED) is 0.674. The zero-order chi connectivity index (χ0) is 21.6. The summed E-state index contributed by atoms with van der Waals surface area (Å²) in [6.07, 6.45) is 5.45. The molecule has 154 valence electrons. The molecular formula is C22H26N2O4S. The van der Waals surface area contributed by atoms with Crippen molar-refractivity contribution in [2.24, 2.45) is 0 Å². The number of benzene rings is 2. The third-order valence-electron chi connectivity index (χ3n) is 4.15. The van der Waals surface area contributed by atoms with E-state index < -0.39 is 10.0 Å². The monoisotopic (exact) mass is 414 g/mol. The van der Waals surface area contributed by atoms with Crippen molar-refractivity contribution in [3.05, 3.63) is 59.2 Å². The lowest BCUT2D eigenvalue weighted by molar-refractivity contribution is 0.0765. The Kier molecular flexibility index (Phi) is 7.43. The van der Waals surface area contributed by atoms with Crippen LogP contribution in [-0.4, -0.2) is 38.9 Å². The molecule has 0 aliphatic carbocycles. The fourth-order valence-electron chi connectivity index (χ4n) is 2.80. The molecule has 6 nitrogen and oxygen atoms in total. The molecule has 7 heteroatoms. The molecule has 2 aromatic carbocycles. The van der Waals surface area contributed by atoms with Crippen LogP contribution in [-0.2, 0) is 16.6 Å². The fourth-order valence-corrected chi connectivity index (χ4v) is 4.25. The van der Waals surface area contributed by atoms with E-state index in [0.717, 1.165) is 11.1 Å². The molecule has 1 N–H and O–H groups in total. The Balaban J connectivity index is 2.40. The molecule has 1 amide bonds. The SMILES string of the molecule is C#CCN(Cc1ccc(C)cc1)C(=O)c1ccc(OC)c(S(=O)(=O)NC(C)C)c1. The Labute approximate surface area is 172 Å². The lowest BCUT2D eigenvalue weighted by Gasteiger charge is -2.21. The van der Waals surface area contributed by atoms with Gasteiger partial charge in [0.05, 0.1) is 13.7 Å². The number of nitrogens with zero attached hydrogens (tertiary/aromatic N) is 1. The number of carbonyl (C=O) groups excluding carboxylic acids is 1. The van der Waals surface area contributed by atoms with E-state index in [2.05, 4.69) is 10.6 Å². The van der Waals surface area contributed by atoms with Crippen molar-refractivity contribution in [2.45, 2.75) is 38.3 Å². The van der Waals surface area contributed by atoms with Crippen LogP contribution < -0.4 is 9.46 Å². The number of ether oxygens (including phenoxy) is 1. The molecule has 29 heavy (non-hydrogen) atoms. The predicted molar refractivity (Wildman–Crippen MR) is 113 cm³/mol. The number of sulfonamides is 1. The minimum atomic E-state index is -3.85. The van der Waals surface area contributed by atoms with E-state index in [0.29, 0.717) is 6.54 Å². The highest BCUT2D eigenvalue weighted by atomic mass is 32.2. The van der Waals surface area contributed by atoms with Gasteiger partial charge in [-0.2, -0.15) is 0 Å². The molecule has 0 unspecified atom stereocenters. The molecule has 0 spiro atoms. The summed E-state index contributed by atoms with van der Waals surface area (Å²) in [5, 5.41) is 0. The molecule has 2 rings (SSSR count). The Bertz CT molecular complexity index is 1010. The summed E-state index contributed by atoms with van der Waals surface area (Å²) in [5.74, 6) is 2.30. The van der Waals surface area contributed by atoms with Crippen LogP contribution in [0.15, 0.2) is 47.4 Å². The summed E-state index contributed by atoms with van der Waals surface area (Å²) in [5.41, 5.74) is 2.27. The summed E-state index contributed by atoms with van der Waals surface area (Å²) in [6, 6.07) is 11.8. The summed E-state index contributed by atoms with van der Waals surface area (Å²) in [7, 11) is -2.46. The molecular weight excluding hydrogens is 388 g/mol. The summed E-state index contributed by atoms with van der Waals surface area (Å²) in [6.45, 7) is 5.84. The number of hydrogen-bond donors (Lipinski definition) is 1. The molecule has 0 atom stereocenters. The highest BCUT2D eigenvalue weighted by Gasteiger charge is 2.24. The second kappa shape index (κ2) is 9.59. The third kappa shape index (κ3) is 5.83. The van der Waals surface area contributed by atoms with Gasteiger partial charge in [-0.1, -0.05) is 35.7 Å². The van der Waals surface area contributed by atoms with Crippen LogP contribution in [0.3, 0.4) is 0 Å². The van der Waals surface area contributed by atoms with Crippen molar-refractivity contribution in [2.75, 3.05) is 13.7 Å². The normalized spacial score (nSPS) is 11.2. The minimum absolute atomic E-state index is 0.0875. The van der Waals surface area contributed by atoms with Crippen molar-refractivity contribution >= 4 is 15.9 Å². The van der Waals surface area contributed by atoms with Crippen LogP contribution in [0.25, 0.3) is 0 Å². The fraction of sp³-hybridized carbons (Fsp3) is 0.318. The van der Waals surface area contributed by atoms with Gasteiger partial charge >= 0.3 is 0 Å². The lowest BCUT2D eigenvalue weighted by atomic mass is 10.1. The first kappa shape index (κ1) is 22.5. The number of amides is 1. The first-order chi connectivity index (χ1) is 13.7. The van der Waals surface area contributed by atoms with Crippen molar-refractivity contribution in [1.82, 2.24) is 9.62 Å². The van der Waals surface area contributed by atoms with Crippen molar-refractivity contribution in [3.63, 3.8) is 0 Å². The highest BCUT2D eigenvalue weighted by molar-refractivity contribution is 7.89. The average molecular weight is 415 g/mol. The molecule has 0 radical (unpaired) electrons. The Hall–Kier alpha value is -2.82. The predicted octanol–water partition coefficient (Wildman–Crippen LogP) is 2.97. The zero-order valence-electron chi connectivity index (χ0n) is 17.1. The van der Waals surface area contributed by atoms with Gasteiger partial charge in [0.15, 0.2) is 0 Å². The van der Waals surface area contributed by atoms with E-state index in [1.165, 1.54) is 30.2 Å². The van der Waals surface area contributed by atoms with E-state index in [4.69, 9.17) is 11.2 Å². The van der Waals surface area contributed by atoms with E-state index in [9.17, 15) is 13.2 Å². The smallest absolute Gasteiger partial charge is 0.254 e. The first-order valence-electron chi connectivity index (χ1n) is 9.16. The Morgan fingerprint density at radius 1 is 1.21 bits per heavy atom. The van der Waals surface area contributed by atoms with Gasteiger partial charge in [0.1, 0.15) is 10.6 Å². The van der Waals surface area contributed by atoms with Crippen molar-refractivity contribution < 1.29 is 17.9 Å². The number of terminal acetylenes is 1. The summed E-state index contributed by atoms with van der Waals surface area (Å²) < 4.78 is 33.0. The van der Waals surface area contributed by atoms with Crippen LogP contribution in [0.1, 0.15) is 35.3 Å². The van der Waals surface area contributed by atoms with Gasteiger partial charge < -0.3 is 9.64 Å². The molecule has 2 aromatic rings. The minimum Gasteiger partial charge on any atom is -0.495 e. The molecule has 0 aliphatic rings. The van der Waals surface area contributed by atoms with Crippen LogP contribution in [0.2, 0.25) is 0 Å². The van der Waals surface area contributed by atoms with Gasteiger partial charge in [-0.25, -0.2) is 13.1 Å². The van der Waals surface area contributed by atoms with Gasteiger partial charge in [-0.3, -0.25) is 4.79 Å². The third-order valence-corrected chi connectivity index (χ3v) is 5.83. The Morgan fingerprint density at radius 3 is 2.41 bits per heavy atom. The van der Waals surface area contributed by atoms with Crippen LogP contribution in [0.5, 0.6) is 5.75 Å². The first-order valence-corrected chi connectivity index (χ1v) is 10.6. The molecule has 0 bridgehead atoms. The van der Waals surface area contributed by atoms with E-state index in [1.54, 1.807) is 13.8 Å². The maximum Gasteiger partial charge on any atom is 0.254 e. The largest absolute Gasteiger partial charge is 0.495 e. The topological polar surface area (TPSA) is 75.7 Å². The van der Waals surface area contributed by atoms with Crippen molar-refractivity contribution in [3.8, 4) is 18.1 Å². The summed E-state index contributed by atoms with van der Waals surface area (Å²) in [4.78, 5) is 14.5. The molecule has 0 aliphatic heterocycles. The molecule has 0 saturated heterocycles. The van der Waals surface area contributed by atoms with Gasteiger partial charge in [-0.05, 0) is 44.5 Å². The second-order valence-electron chi connectivity index (χ2n) is 6.99. The van der Waals surface area contributed by atoms with Crippen LogP contribution in [0.4, 0.5) is 0 Å². The van der Waals surface area contributed by atoms with Gasteiger partial charge in [0.2, 0.25) is 10.0 Å². The van der Waals surface area contributed by atoms with E-state index in [1.807, 2.05) is 31.2 Å². The van der Waals surface area contributed by atoms with Gasteiger partial charge in [0, 0.05) is 18.2 Å². The number of hydrogen-bond acceptors (Lipinski definition) is 4. The van der Waals surface area contributed by atoms with Gasteiger partial charge in [0.25, 0.3) is 5.91 Å². The average Bonchev–Trinajstić information content (AvgIpc) is 2.67. The van der Waals surface area contributed by atoms with E-state index >= 15 is 0 Å². The number of nitrogens with one attached hydrogen (secondary N) is 1. The van der Waals surface area contributed by atoms with E-state index in [-0.39, 0.29) is 34.7 Å². The maximum absolute atomic E-state index is 13.1. The lowest BCUT2D eigenvalue weighted by Crippen LogP contribution is -2.32. The number of aryl methyl sites for hydroxylation is 1.